The molecule has 2 aromatic carbocycles. The lowest BCUT2D eigenvalue weighted by Gasteiger charge is -2.03. The topological polar surface area (TPSA) is 68.4 Å². The van der Waals surface area contributed by atoms with E-state index in [4.69, 9.17) is 20.8 Å². The van der Waals surface area contributed by atoms with E-state index in [-0.39, 0.29) is 16.7 Å². The summed E-state index contributed by atoms with van der Waals surface area (Å²) in [6.07, 6.45) is 1.62. The Balaban J connectivity index is 1.89. The van der Waals surface area contributed by atoms with Gasteiger partial charge < -0.3 is 14.3 Å². The molecule has 0 bridgehead atoms. The van der Waals surface area contributed by atoms with E-state index in [1.807, 2.05) is 24.3 Å². The number of phenolic OH excluding ortho intramolecular Hbond substituents is 1. The number of rotatable bonds is 4. The van der Waals surface area contributed by atoms with Crippen LogP contribution in [-0.2, 0) is 0 Å². The van der Waals surface area contributed by atoms with Crippen LogP contribution in [0, 0.1) is 0 Å². The molecular weight excluding hydrogens is 396 g/mol. The lowest BCUT2D eigenvalue weighted by atomic mass is 10.2. The van der Waals surface area contributed by atoms with Crippen LogP contribution in [0.25, 0.3) is 22.6 Å². The van der Waals surface area contributed by atoms with Crippen LogP contribution in [0.2, 0.25) is 0 Å². The van der Waals surface area contributed by atoms with E-state index >= 15 is 0 Å². The van der Waals surface area contributed by atoms with Crippen molar-refractivity contribution >= 4 is 38.6 Å². The average Bonchev–Trinajstić information content (AvgIpc) is 3.05. The number of phenols is 1. The van der Waals surface area contributed by atoms with Gasteiger partial charge in [-0.3, -0.25) is 0 Å². The molecule has 0 aliphatic rings. The summed E-state index contributed by atoms with van der Waals surface area (Å²) >= 11 is 9.69. The summed E-state index contributed by atoms with van der Waals surface area (Å²) in [6.45, 7) is 0. The maximum atomic E-state index is 9.80. The Labute approximate surface area is 151 Å². The summed E-state index contributed by atoms with van der Waals surface area (Å²) in [5.74, 6) is 0.965. The van der Waals surface area contributed by atoms with Crippen LogP contribution >= 0.6 is 27.5 Å². The number of halogens is 2. The minimum Gasteiger partial charge on any atom is -0.504 e. The third kappa shape index (κ3) is 3.44. The molecule has 0 unspecified atom stereocenters. The highest BCUT2D eigenvalue weighted by Gasteiger charge is 2.13. The highest BCUT2D eigenvalue weighted by molar-refractivity contribution is 9.10. The van der Waals surface area contributed by atoms with Crippen LogP contribution in [0.1, 0.15) is 11.5 Å². The fraction of sp³-hybridized carbons (Fsp3) is 0.0588. The molecule has 0 atom stereocenters. The van der Waals surface area contributed by atoms with Crippen molar-refractivity contribution in [1.82, 2.24) is 10.2 Å². The molecule has 0 saturated heterocycles. The van der Waals surface area contributed by atoms with Crippen molar-refractivity contribution in [3.05, 3.63) is 58.4 Å². The third-order valence-corrected chi connectivity index (χ3v) is 4.19. The van der Waals surface area contributed by atoms with E-state index in [0.717, 1.165) is 10.0 Å². The molecule has 0 spiro atoms. The van der Waals surface area contributed by atoms with E-state index in [1.165, 1.54) is 13.2 Å². The van der Waals surface area contributed by atoms with Crippen LogP contribution in [0.4, 0.5) is 0 Å². The summed E-state index contributed by atoms with van der Waals surface area (Å²) in [5.41, 5.74) is 1.46. The van der Waals surface area contributed by atoms with Crippen LogP contribution < -0.4 is 4.74 Å². The van der Waals surface area contributed by atoms with Gasteiger partial charge in [0.1, 0.15) is 5.03 Å². The number of ether oxygens (including phenoxy) is 1. The maximum absolute atomic E-state index is 9.80. The van der Waals surface area contributed by atoms with Gasteiger partial charge in [-0.15, -0.1) is 10.2 Å². The van der Waals surface area contributed by atoms with Gasteiger partial charge in [-0.05, 0) is 51.8 Å². The second kappa shape index (κ2) is 7.07. The summed E-state index contributed by atoms with van der Waals surface area (Å²) in [7, 11) is 1.49. The molecule has 24 heavy (non-hydrogen) atoms. The van der Waals surface area contributed by atoms with Crippen molar-refractivity contribution < 1.29 is 14.3 Å². The summed E-state index contributed by atoms with van der Waals surface area (Å²) < 4.78 is 11.5. The molecule has 3 rings (SSSR count). The molecule has 5 nitrogen and oxygen atoms in total. The van der Waals surface area contributed by atoms with Gasteiger partial charge in [0.25, 0.3) is 5.89 Å². The monoisotopic (exact) mass is 406 g/mol. The van der Waals surface area contributed by atoms with Gasteiger partial charge >= 0.3 is 0 Å². The Bertz CT molecular complexity index is 908. The predicted octanol–water partition coefficient (Wildman–Crippen LogP) is 4.95. The third-order valence-electron chi connectivity index (χ3n) is 3.23. The first-order valence-electron chi connectivity index (χ1n) is 6.91. The molecule has 0 amide bonds. The molecule has 1 heterocycles. The Morgan fingerprint density at radius 1 is 1.25 bits per heavy atom. The molecule has 3 aromatic rings. The molecule has 0 saturated carbocycles. The van der Waals surface area contributed by atoms with E-state index in [1.54, 1.807) is 18.2 Å². The second-order valence-electron chi connectivity index (χ2n) is 4.82. The summed E-state index contributed by atoms with van der Waals surface area (Å²) in [5, 5.41) is 18.0. The number of aromatic hydroxyl groups is 1. The standard InChI is InChI=1S/C17H12BrClN2O3/c1-23-15-7-6-10(9-14(15)22)8-13(19)17-21-20-16(24-17)11-4-2-3-5-12(11)18/h2-9,22H,1H3/b13-8-. The first-order chi connectivity index (χ1) is 11.6. The predicted molar refractivity (Wildman–Crippen MR) is 95.8 cm³/mol. The second-order valence-corrected chi connectivity index (χ2v) is 6.08. The number of methoxy groups -OCH3 is 1. The first kappa shape index (κ1) is 16.5. The fourth-order valence-electron chi connectivity index (χ4n) is 2.07. The van der Waals surface area contributed by atoms with Crippen molar-refractivity contribution in [3.8, 4) is 23.0 Å². The Morgan fingerprint density at radius 3 is 2.75 bits per heavy atom. The largest absolute Gasteiger partial charge is 0.504 e. The van der Waals surface area contributed by atoms with E-state index in [0.29, 0.717) is 17.2 Å². The lowest BCUT2D eigenvalue weighted by Crippen LogP contribution is -1.84. The van der Waals surface area contributed by atoms with Crippen LogP contribution in [0.5, 0.6) is 11.5 Å². The summed E-state index contributed by atoms with van der Waals surface area (Å²) in [6, 6.07) is 12.5. The van der Waals surface area contributed by atoms with Gasteiger partial charge in [0.15, 0.2) is 11.5 Å². The highest BCUT2D eigenvalue weighted by atomic mass is 79.9. The zero-order valence-electron chi connectivity index (χ0n) is 12.5. The molecule has 1 N–H and O–H groups in total. The van der Waals surface area contributed by atoms with Gasteiger partial charge in [0, 0.05) is 4.47 Å². The zero-order valence-corrected chi connectivity index (χ0v) is 14.9. The Morgan fingerprint density at radius 2 is 2.04 bits per heavy atom. The van der Waals surface area contributed by atoms with Crippen molar-refractivity contribution in [2.24, 2.45) is 0 Å². The summed E-state index contributed by atoms with van der Waals surface area (Å²) in [4.78, 5) is 0. The molecule has 122 valence electrons. The minimum atomic E-state index is 0.0233. The molecular formula is C17H12BrClN2O3. The Kier molecular flexibility index (Phi) is 4.87. The number of benzene rings is 2. The number of hydrogen-bond donors (Lipinski definition) is 1. The van der Waals surface area contributed by atoms with Crippen molar-refractivity contribution in [1.29, 1.82) is 0 Å². The number of hydrogen-bond acceptors (Lipinski definition) is 5. The molecule has 7 heteroatoms. The molecule has 0 radical (unpaired) electrons. The van der Waals surface area contributed by atoms with Crippen molar-refractivity contribution in [2.45, 2.75) is 0 Å². The fourth-order valence-corrected chi connectivity index (χ4v) is 2.72. The van der Waals surface area contributed by atoms with Gasteiger partial charge in [0.05, 0.1) is 12.7 Å². The van der Waals surface area contributed by atoms with Crippen molar-refractivity contribution in [3.63, 3.8) is 0 Å². The van der Waals surface area contributed by atoms with Crippen LogP contribution in [0.15, 0.2) is 51.4 Å². The molecule has 0 aliphatic heterocycles. The van der Waals surface area contributed by atoms with Gasteiger partial charge in [-0.1, -0.05) is 29.8 Å². The van der Waals surface area contributed by atoms with Gasteiger partial charge in [0.2, 0.25) is 5.89 Å². The normalized spacial score (nSPS) is 11.5. The minimum absolute atomic E-state index is 0.0233. The highest BCUT2D eigenvalue weighted by Crippen LogP contribution is 2.31. The average molecular weight is 408 g/mol. The van der Waals surface area contributed by atoms with Crippen LogP contribution in [-0.4, -0.2) is 22.4 Å². The zero-order chi connectivity index (χ0) is 17.1. The van der Waals surface area contributed by atoms with E-state index in [9.17, 15) is 5.11 Å². The quantitative estimate of drug-likeness (QED) is 0.663. The first-order valence-corrected chi connectivity index (χ1v) is 8.08. The Hall–Kier alpha value is -2.31. The molecule has 0 aliphatic carbocycles. The van der Waals surface area contributed by atoms with Crippen LogP contribution in [0.3, 0.4) is 0 Å². The number of nitrogens with zero attached hydrogens (tertiary/aromatic N) is 2. The maximum Gasteiger partial charge on any atom is 0.259 e. The van der Waals surface area contributed by atoms with Gasteiger partial charge in [-0.2, -0.15) is 0 Å². The number of aromatic nitrogens is 2. The van der Waals surface area contributed by atoms with Gasteiger partial charge in [-0.25, -0.2) is 0 Å². The molecule has 1 aromatic heterocycles. The molecule has 0 fully saturated rings. The lowest BCUT2D eigenvalue weighted by molar-refractivity contribution is 0.373. The van der Waals surface area contributed by atoms with E-state index < -0.39 is 0 Å². The smallest absolute Gasteiger partial charge is 0.259 e. The van der Waals surface area contributed by atoms with E-state index in [2.05, 4.69) is 26.1 Å². The SMILES string of the molecule is COc1ccc(/C=C(\Cl)c2nnc(-c3ccccc3Br)o2)cc1O. The van der Waals surface area contributed by atoms with Crippen molar-refractivity contribution in [2.75, 3.05) is 7.11 Å².